The molecule has 0 aromatic heterocycles. The standard InChI is InChI=1S/C20H26N2O3/c1-3-25-18-9-8-16-6-4-5-7-17(16)19(18)20(24)22-12-10-21(11-13-22)14-15(2)23/h4-9,15,23H,3,10-14H2,1-2H3/t15-/m0/s1. The zero-order valence-corrected chi connectivity index (χ0v) is 14.9. The number of aliphatic hydroxyl groups is 1. The number of piperazine rings is 1. The van der Waals surface area contributed by atoms with Gasteiger partial charge < -0.3 is 14.7 Å². The number of benzene rings is 2. The number of nitrogens with zero attached hydrogens (tertiary/aromatic N) is 2. The third-order valence-electron chi connectivity index (χ3n) is 4.59. The molecule has 0 radical (unpaired) electrons. The van der Waals surface area contributed by atoms with Crippen LogP contribution in [0, 0.1) is 0 Å². The first kappa shape index (κ1) is 17.7. The third-order valence-corrected chi connectivity index (χ3v) is 4.59. The molecule has 134 valence electrons. The van der Waals surface area contributed by atoms with Gasteiger partial charge in [0.25, 0.3) is 5.91 Å². The summed E-state index contributed by atoms with van der Waals surface area (Å²) in [5, 5.41) is 11.5. The molecule has 1 fully saturated rings. The first-order valence-corrected chi connectivity index (χ1v) is 8.94. The molecule has 1 atom stereocenters. The monoisotopic (exact) mass is 342 g/mol. The molecule has 2 aromatic rings. The fourth-order valence-electron chi connectivity index (χ4n) is 3.41. The Labute approximate surface area is 148 Å². The van der Waals surface area contributed by atoms with Crippen molar-refractivity contribution < 1.29 is 14.6 Å². The highest BCUT2D eigenvalue weighted by Crippen LogP contribution is 2.29. The van der Waals surface area contributed by atoms with Crippen LogP contribution in [-0.2, 0) is 0 Å². The van der Waals surface area contributed by atoms with Crippen LogP contribution in [0.25, 0.3) is 10.8 Å². The molecule has 1 aliphatic rings. The highest BCUT2D eigenvalue weighted by molar-refractivity contribution is 6.09. The Kier molecular flexibility index (Phi) is 5.56. The van der Waals surface area contributed by atoms with Crippen LogP contribution in [0.1, 0.15) is 24.2 Å². The SMILES string of the molecule is CCOc1ccc2ccccc2c1C(=O)N1CCN(C[C@H](C)O)CC1. The number of fused-ring (bicyclic) bond motifs is 1. The molecule has 1 amide bonds. The number of hydrogen-bond donors (Lipinski definition) is 1. The molecule has 1 saturated heterocycles. The molecule has 0 aliphatic carbocycles. The lowest BCUT2D eigenvalue weighted by Gasteiger charge is -2.35. The summed E-state index contributed by atoms with van der Waals surface area (Å²) in [5.41, 5.74) is 0.656. The van der Waals surface area contributed by atoms with Gasteiger partial charge in [-0.1, -0.05) is 30.3 Å². The Morgan fingerprint density at radius 1 is 1.16 bits per heavy atom. The normalized spacial score (nSPS) is 16.8. The number of aliphatic hydroxyl groups excluding tert-OH is 1. The molecule has 1 heterocycles. The zero-order chi connectivity index (χ0) is 17.8. The minimum Gasteiger partial charge on any atom is -0.493 e. The summed E-state index contributed by atoms with van der Waals surface area (Å²) in [5.74, 6) is 0.676. The van der Waals surface area contributed by atoms with Gasteiger partial charge in [0.15, 0.2) is 0 Å². The van der Waals surface area contributed by atoms with E-state index in [0.717, 1.165) is 23.9 Å². The second-order valence-corrected chi connectivity index (χ2v) is 6.53. The van der Waals surface area contributed by atoms with Crippen LogP contribution in [0.2, 0.25) is 0 Å². The number of amides is 1. The van der Waals surface area contributed by atoms with Crippen molar-refractivity contribution >= 4 is 16.7 Å². The number of hydrogen-bond acceptors (Lipinski definition) is 4. The van der Waals surface area contributed by atoms with Gasteiger partial charge in [-0.25, -0.2) is 0 Å². The Morgan fingerprint density at radius 3 is 2.56 bits per heavy atom. The van der Waals surface area contributed by atoms with E-state index in [1.807, 2.05) is 48.2 Å². The molecule has 0 unspecified atom stereocenters. The van der Waals surface area contributed by atoms with Crippen LogP contribution in [0.3, 0.4) is 0 Å². The van der Waals surface area contributed by atoms with Crippen molar-refractivity contribution in [3.8, 4) is 5.75 Å². The lowest BCUT2D eigenvalue weighted by molar-refractivity contribution is 0.0553. The molecule has 5 heteroatoms. The number of rotatable bonds is 5. The summed E-state index contributed by atoms with van der Waals surface area (Å²) in [7, 11) is 0. The Hall–Kier alpha value is -2.11. The smallest absolute Gasteiger partial charge is 0.258 e. The molecule has 2 aromatic carbocycles. The van der Waals surface area contributed by atoms with Crippen molar-refractivity contribution in [2.45, 2.75) is 20.0 Å². The summed E-state index contributed by atoms with van der Waals surface area (Å²) in [6.45, 7) is 7.80. The first-order chi connectivity index (χ1) is 12.1. The van der Waals surface area contributed by atoms with E-state index < -0.39 is 0 Å². The van der Waals surface area contributed by atoms with Gasteiger partial charge in [0.05, 0.1) is 18.3 Å². The average molecular weight is 342 g/mol. The van der Waals surface area contributed by atoms with Crippen molar-refractivity contribution in [2.24, 2.45) is 0 Å². The fraction of sp³-hybridized carbons (Fsp3) is 0.450. The van der Waals surface area contributed by atoms with E-state index in [9.17, 15) is 9.90 Å². The largest absolute Gasteiger partial charge is 0.493 e. The maximum absolute atomic E-state index is 13.2. The van der Waals surface area contributed by atoms with E-state index in [2.05, 4.69) is 4.90 Å². The highest BCUT2D eigenvalue weighted by Gasteiger charge is 2.26. The molecular formula is C20H26N2O3. The minimum absolute atomic E-state index is 0.0250. The molecule has 25 heavy (non-hydrogen) atoms. The van der Waals surface area contributed by atoms with E-state index in [4.69, 9.17) is 4.74 Å². The Bertz CT molecular complexity index is 737. The van der Waals surface area contributed by atoms with E-state index in [1.165, 1.54) is 0 Å². The number of carbonyl (C=O) groups is 1. The van der Waals surface area contributed by atoms with Crippen molar-refractivity contribution in [1.82, 2.24) is 9.80 Å². The molecule has 1 N–H and O–H groups in total. The molecule has 5 nitrogen and oxygen atoms in total. The van der Waals surface area contributed by atoms with Crippen LogP contribution in [0.15, 0.2) is 36.4 Å². The van der Waals surface area contributed by atoms with E-state index >= 15 is 0 Å². The van der Waals surface area contributed by atoms with Crippen molar-refractivity contribution in [1.29, 1.82) is 0 Å². The van der Waals surface area contributed by atoms with E-state index in [1.54, 1.807) is 6.92 Å². The summed E-state index contributed by atoms with van der Waals surface area (Å²) in [4.78, 5) is 17.3. The number of β-amino-alcohol motifs (C(OH)–C–C–N with tert-alkyl or cyclic N) is 1. The Balaban J connectivity index is 1.85. The predicted octanol–water partition coefficient (Wildman–Crippen LogP) is 2.38. The Morgan fingerprint density at radius 2 is 1.88 bits per heavy atom. The van der Waals surface area contributed by atoms with Gasteiger partial charge in [-0.2, -0.15) is 0 Å². The molecule has 0 spiro atoms. The number of ether oxygens (including phenoxy) is 1. The van der Waals surface area contributed by atoms with Crippen molar-refractivity contribution in [2.75, 3.05) is 39.3 Å². The summed E-state index contributed by atoms with van der Waals surface area (Å²) in [6.07, 6.45) is -0.343. The fourth-order valence-corrected chi connectivity index (χ4v) is 3.41. The molecule has 3 rings (SSSR count). The van der Waals surface area contributed by atoms with Crippen LogP contribution >= 0.6 is 0 Å². The van der Waals surface area contributed by atoms with E-state index in [-0.39, 0.29) is 12.0 Å². The van der Waals surface area contributed by atoms with Crippen LogP contribution < -0.4 is 4.74 Å². The molecular weight excluding hydrogens is 316 g/mol. The van der Waals surface area contributed by atoms with Gasteiger partial charge in [-0.15, -0.1) is 0 Å². The molecule has 0 saturated carbocycles. The topological polar surface area (TPSA) is 53.0 Å². The second kappa shape index (κ2) is 7.85. The summed E-state index contributed by atoms with van der Waals surface area (Å²) in [6, 6.07) is 11.8. The van der Waals surface area contributed by atoms with Gasteiger partial charge in [-0.3, -0.25) is 9.69 Å². The number of carbonyl (C=O) groups excluding carboxylic acids is 1. The molecule has 0 bridgehead atoms. The van der Waals surface area contributed by atoms with Crippen molar-refractivity contribution in [3.63, 3.8) is 0 Å². The average Bonchev–Trinajstić information content (AvgIpc) is 2.61. The van der Waals surface area contributed by atoms with Gasteiger partial charge >= 0.3 is 0 Å². The summed E-state index contributed by atoms with van der Waals surface area (Å²) < 4.78 is 5.74. The van der Waals surface area contributed by atoms with Crippen LogP contribution in [0.4, 0.5) is 0 Å². The highest BCUT2D eigenvalue weighted by atomic mass is 16.5. The first-order valence-electron chi connectivity index (χ1n) is 8.94. The minimum atomic E-state index is -0.343. The lowest BCUT2D eigenvalue weighted by atomic mass is 10.0. The van der Waals surface area contributed by atoms with Gasteiger partial charge in [0, 0.05) is 32.7 Å². The zero-order valence-electron chi connectivity index (χ0n) is 14.9. The maximum Gasteiger partial charge on any atom is 0.258 e. The quantitative estimate of drug-likeness (QED) is 0.906. The third kappa shape index (κ3) is 3.94. The van der Waals surface area contributed by atoms with Crippen LogP contribution in [0.5, 0.6) is 5.75 Å². The van der Waals surface area contributed by atoms with Gasteiger partial charge in [0.2, 0.25) is 0 Å². The van der Waals surface area contributed by atoms with Crippen molar-refractivity contribution in [3.05, 3.63) is 42.0 Å². The maximum atomic E-state index is 13.2. The van der Waals surface area contributed by atoms with E-state index in [0.29, 0.717) is 37.6 Å². The van der Waals surface area contributed by atoms with Gasteiger partial charge in [-0.05, 0) is 30.7 Å². The second-order valence-electron chi connectivity index (χ2n) is 6.53. The van der Waals surface area contributed by atoms with Crippen LogP contribution in [-0.4, -0.2) is 66.2 Å². The lowest BCUT2D eigenvalue weighted by Crippen LogP contribution is -2.50. The molecule has 1 aliphatic heterocycles. The summed E-state index contributed by atoms with van der Waals surface area (Å²) >= 11 is 0. The predicted molar refractivity (Wildman–Crippen MR) is 99.1 cm³/mol. The van der Waals surface area contributed by atoms with Gasteiger partial charge in [0.1, 0.15) is 5.75 Å².